The zero-order valence-electron chi connectivity index (χ0n) is 21.4. The summed E-state index contributed by atoms with van der Waals surface area (Å²) in [5.74, 6) is 0.501. The largest absolute Gasteiger partial charge is 0.383 e. The predicted octanol–water partition coefficient (Wildman–Crippen LogP) is 2.32. The molecule has 2 aliphatic rings. The third kappa shape index (κ3) is 5.68. The molecule has 3 aromatic rings. The fourth-order valence-electron chi connectivity index (χ4n) is 4.29. The Morgan fingerprint density at radius 3 is 2.63 bits per heavy atom. The van der Waals surface area contributed by atoms with Gasteiger partial charge < -0.3 is 34.1 Å². The van der Waals surface area contributed by atoms with Gasteiger partial charge in [-0.2, -0.15) is 0 Å². The first kappa shape index (κ1) is 26.2. The van der Waals surface area contributed by atoms with Gasteiger partial charge in [0, 0.05) is 38.5 Å². The number of carbonyl (C=O) groups excluding carboxylic acids is 1. The fraction of sp³-hybridized carbons (Fsp3) is 0.462. The van der Waals surface area contributed by atoms with Crippen LogP contribution in [0.4, 0.5) is 10.3 Å². The second-order valence-electron chi connectivity index (χ2n) is 9.46. The number of aromatic nitrogens is 4. The van der Waals surface area contributed by atoms with Gasteiger partial charge in [0.15, 0.2) is 5.82 Å². The first-order valence-corrected chi connectivity index (χ1v) is 12.5. The first-order valence-electron chi connectivity index (χ1n) is 12.5. The van der Waals surface area contributed by atoms with E-state index in [1.165, 1.54) is 12.1 Å². The summed E-state index contributed by atoms with van der Waals surface area (Å²) in [5.41, 5.74) is 1.68. The van der Waals surface area contributed by atoms with Crippen LogP contribution in [-0.2, 0) is 23.7 Å². The van der Waals surface area contributed by atoms with Crippen LogP contribution in [-0.4, -0.2) is 85.6 Å². The highest BCUT2D eigenvalue weighted by Crippen LogP contribution is 2.35. The highest BCUT2D eigenvalue weighted by molar-refractivity contribution is 5.82. The molecule has 202 valence electrons. The minimum atomic E-state index is -0.848. The average molecular weight is 527 g/mol. The van der Waals surface area contributed by atoms with Gasteiger partial charge in [-0.25, -0.2) is 19.3 Å². The van der Waals surface area contributed by atoms with E-state index < -0.39 is 11.7 Å². The van der Waals surface area contributed by atoms with Crippen LogP contribution in [0.25, 0.3) is 22.6 Å². The molecule has 5 rings (SSSR count). The minimum absolute atomic E-state index is 0.146. The van der Waals surface area contributed by atoms with E-state index in [0.29, 0.717) is 73.9 Å². The Labute approximate surface area is 219 Å². The van der Waals surface area contributed by atoms with Crippen molar-refractivity contribution in [2.75, 3.05) is 64.7 Å². The number of nitrogens with one attached hydrogen (secondary N) is 2. The minimum Gasteiger partial charge on any atom is -0.383 e. The second kappa shape index (κ2) is 11.5. The van der Waals surface area contributed by atoms with E-state index in [1.807, 2.05) is 0 Å². The lowest BCUT2D eigenvalue weighted by Crippen LogP contribution is -2.49. The highest BCUT2D eigenvalue weighted by Gasteiger charge is 2.40. The molecule has 2 fully saturated rings. The molecule has 2 N–H and O–H groups in total. The Bertz CT molecular complexity index is 1240. The molecule has 0 aliphatic carbocycles. The monoisotopic (exact) mass is 526 g/mol. The average Bonchev–Trinajstić information content (AvgIpc) is 3.40. The van der Waals surface area contributed by atoms with Crippen molar-refractivity contribution >= 4 is 11.9 Å². The van der Waals surface area contributed by atoms with Crippen LogP contribution < -0.4 is 10.2 Å². The fourth-order valence-corrected chi connectivity index (χ4v) is 4.29. The number of aromatic amines is 1. The number of nitrogens with zero attached hydrogens (tertiary/aromatic N) is 4. The summed E-state index contributed by atoms with van der Waals surface area (Å²) in [6.45, 7) is 5.53. The molecule has 11 nitrogen and oxygen atoms in total. The molecule has 1 aromatic carbocycles. The predicted molar refractivity (Wildman–Crippen MR) is 136 cm³/mol. The van der Waals surface area contributed by atoms with E-state index in [4.69, 9.17) is 28.9 Å². The molecule has 0 saturated carbocycles. The van der Waals surface area contributed by atoms with Crippen molar-refractivity contribution in [3.63, 3.8) is 0 Å². The Morgan fingerprint density at radius 2 is 1.92 bits per heavy atom. The number of hydrogen-bond donors (Lipinski definition) is 2. The molecule has 2 aromatic heterocycles. The maximum atomic E-state index is 13.7. The van der Waals surface area contributed by atoms with Gasteiger partial charge in [0.05, 0.1) is 55.5 Å². The van der Waals surface area contributed by atoms with E-state index >= 15 is 0 Å². The van der Waals surface area contributed by atoms with Crippen molar-refractivity contribution in [3.05, 3.63) is 48.2 Å². The van der Waals surface area contributed by atoms with Gasteiger partial charge in [0.2, 0.25) is 18.1 Å². The number of rotatable bonds is 8. The molecular weight excluding hydrogens is 495 g/mol. The molecule has 12 heteroatoms. The van der Waals surface area contributed by atoms with Gasteiger partial charge in [-0.15, -0.1) is 0 Å². The van der Waals surface area contributed by atoms with Crippen molar-refractivity contribution in [1.82, 2.24) is 25.3 Å². The van der Waals surface area contributed by atoms with Gasteiger partial charge >= 0.3 is 0 Å². The molecule has 2 aliphatic heterocycles. The SMILES string of the molecule is COCCNC(=O)C1(C)COC(c2nc(-c3ccc(F)cc3)c(-c3ccnc(N4CCOCC4)n3)[nH]2)OC1. The van der Waals surface area contributed by atoms with Crippen LogP contribution in [0.15, 0.2) is 36.5 Å². The van der Waals surface area contributed by atoms with E-state index in [1.54, 1.807) is 38.4 Å². The number of ether oxygens (including phenoxy) is 4. The molecule has 4 heterocycles. The molecule has 2 saturated heterocycles. The molecule has 0 atom stereocenters. The molecule has 1 amide bonds. The molecular formula is C26H31FN6O5. The number of carbonyl (C=O) groups is 1. The summed E-state index contributed by atoms with van der Waals surface area (Å²) >= 11 is 0. The van der Waals surface area contributed by atoms with Crippen LogP contribution in [0.5, 0.6) is 0 Å². The number of methoxy groups -OCH3 is 1. The quantitative estimate of drug-likeness (QED) is 0.426. The molecule has 0 unspecified atom stereocenters. The summed E-state index contributed by atoms with van der Waals surface area (Å²) < 4.78 is 36.0. The maximum Gasteiger partial charge on any atom is 0.230 e. The van der Waals surface area contributed by atoms with Crippen molar-refractivity contribution in [3.8, 4) is 22.6 Å². The third-order valence-electron chi connectivity index (χ3n) is 6.50. The topological polar surface area (TPSA) is 124 Å². The van der Waals surface area contributed by atoms with Crippen LogP contribution in [0.2, 0.25) is 0 Å². The van der Waals surface area contributed by atoms with E-state index in [-0.39, 0.29) is 24.9 Å². The van der Waals surface area contributed by atoms with E-state index in [9.17, 15) is 9.18 Å². The van der Waals surface area contributed by atoms with Crippen molar-refractivity contribution in [2.24, 2.45) is 5.41 Å². The molecule has 0 radical (unpaired) electrons. The number of H-pyrrole nitrogens is 1. The third-order valence-corrected chi connectivity index (χ3v) is 6.50. The van der Waals surface area contributed by atoms with Gasteiger partial charge in [-0.1, -0.05) is 0 Å². The molecule has 38 heavy (non-hydrogen) atoms. The smallest absolute Gasteiger partial charge is 0.230 e. The second-order valence-corrected chi connectivity index (χ2v) is 9.46. The maximum absolute atomic E-state index is 13.7. The first-order chi connectivity index (χ1) is 18.5. The van der Waals surface area contributed by atoms with Gasteiger partial charge in [0.1, 0.15) is 5.82 Å². The number of morpholine rings is 1. The van der Waals surface area contributed by atoms with E-state index in [0.717, 1.165) is 0 Å². The van der Waals surface area contributed by atoms with Crippen molar-refractivity contribution < 1.29 is 28.1 Å². The summed E-state index contributed by atoms with van der Waals surface area (Å²) in [5, 5.41) is 2.84. The van der Waals surface area contributed by atoms with Gasteiger partial charge in [-0.3, -0.25) is 4.79 Å². The van der Waals surface area contributed by atoms with Crippen LogP contribution >= 0.6 is 0 Å². The summed E-state index contributed by atoms with van der Waals surface area (Å²) in [7, 11) is 1.58. The zero-order chi connectivity index (χ0) is 26.5. The Balaban J connectivity index is 1.41. The van der Waals surface area contributed by atoms with Crippen LogP contribution in [0.1, 0.15) is 19.0 Å². The lowest BCUT2D eigenvalue weighted by atomic mass is 9.91. The van der Waals surface area contributed by atoms with Crippen molar-refractivity contribution in [2.45, 2.75) is 13.2 Å². The lowest BCUT2D eigenvalue weighted by Gasteiger charge is -2.35. The van der Waals surface area contributed by atoms with Crippen LogP contribution in [0.3, 0.4) is 0 Å². The standard InChI is InChI=1S/C26H31FN6O5/c1-26(24(34)28-9-12-35-2)15-37-23(38-16-26)22-31-20(17-3-5-18(27)6-4-17)21(32-22)19-7-8-29-25(30-19)33-10-13-36-14-11-33/h3-8,23H,9-16H2,1-2H3,(H,28,34)(H,31,32). The number of anilines is 1. The zero-order valence-corrected chi connectivity index (χ0v) is 21.4. The number of benzene rings is 1. The molecule has 0 bridgehead atoms. The molecule has 0 spiro atoms. The highest BCUT2D eigenvalue weighted by atomic mass is 19.1. The normalized spacial score (nSPS) is 21.9. The summed E-state index contributed by atoms with van der Waals surface area (Å²) in [6.07, 6.45) is 0.881. The summed E-state index contributed by atoms with van der Waals surface area (Å²) in [6, 6.07) is 7.87. The number of halogens is 1. The Kier molecular flexibility index (Phi) is 7.93. The van der Waals surface area contributed by atoms with Gasteiger partial charge in [0.25, 0.3) is 0 Å². The summed E-state index contributed by atoms with van der Waals surface area (Å²) in [4.78, 5) is 32.0. The van der Waals surface area contributed by atoms with E-state index in [2.05, 4.69) is 20.2 Å². The lowest BCUT2D eigenvalue weighted by molar-refractivity contribution is -0.231. The number of amides is 1. The van der Waals surface area contributed by atoms with Crippen molar-refractivity contribution in [1.29, 1.82) is 0 Å². The number of hydrogen-bond acceptors (Lipinski definition) is 9. The Hall–Kier alpha value is -3.45. The number of imidazole rings is 1. The van der Waals surface area contributed by atoms with Gasteiger partial charge in [-0.05, 0) is 37.3 Å². The van der Waals surface area contributed by atoms with Crippen LogP contribution in [0, 0.1) is 11.2 Å². The Morgan fingerprint density at radius 1 is 1.18 bits per heavy atom.